The molecule has 3 heterocycles. The van der Waals surface area contributed by atoms with Crippen molar-refractivity contribution in [2.75, 3.05) is 25.0 Å². The van der Waals surface area contributed by atoms with Gasteiger partial charge in [0.2, 0.25) is 5.95 Å². The number of anilines is 1. The Morgan fingerprint density at radius 2 is 1.96 bits per heavy atom. The summed E-state index contributed by atoms with van der Waals surface area (Å²) in [4.78, 5) is 9.53. The fourth-order valence-corrected chi connectivity index (χ4v) is 4.59. The number of fused-ring (bicyclic) bond motifs is 1. The van der Waals surface area contributed by atoms with E-state index in [4.69, 9.17) is 4.98 Å². The third-order valence-electron chi connectivity index (χ3n) is 6.25. The quantitative estimate of drug-likeness (QED) is 0.677. The van der Waals surface area contributed by atoms with E-state index in [0.29, 0.717) is 12.0 Å². The van der Waals surface area contributed by atoms with Gasteiger partial charge in [0.05, 0.1) is 6.10 Å². The van der Waals surface area contributed by atoms with Crippen LogP contribution >= 0.6 is 0 Å². The summed E-state index contributed by atoms with van der Waals surface area (Å²) in [5.74, 6) is 1.33. The third-order valence-corrected chi connectivity index (χ3v) is 6.25. The first-order valence-corrected chi connectivity index (χ1v) is 10.8. The van der Waals surface area contributed by atoms with Gasteiger partial charge in [-0.2, -0.15) is 4.98 Å². The number of nitrogens with one attached hydrogen (secondary N) is 2. The van der Waals surface area contributed by atoms with E-state index in [9.17, 15) is 5.11 Å². The van der Waals surface area contributed by atoms with Crippen LogP contribution in [0.5, 0.6) is 0 Å². The molecule has 148 valence electrons. The minimum absolute atomic E-state index is 0.132. The third kappa shape index (κ3) is 4.11. The van der Waals surface area contributed by atoms with E-state index in [1.165, 1.54) is 23.8 Å². The fraction of sp³-hybridized carbons (Fsp3) is 0.714. The van der Waals surface area contributed by atoms with Gasteiger partial charge in [-0.3, -0.25) is 0 Å². The zero-order valence-electron chi connectivity index (χ0n) is 16.5. The summed E-state index contributed by atoms with van der Waals surface area (Å²) < 4.78 is 2.39. The van der Waals surface area contributed by atoms with Crippen LogP contribution in [0, 0.1) is 0 Å². The van der Waals surface area contributed by atoms with E-state index in [2.05, 4.69) is 33.3 Å². The van der Waals surface area contributed by atoms with Crippen molar-refractivity contribution in [2.45, 2.75) is 76.4 Å². The number of aliphatic hydroxyl groups excluding tert-OH is 1. The number of aliphatic hydroxyl groups is 1. The first-order valence-electron chi connectivity index (χ1n) is 10.8. The van der Waals surface area contributed by atoms with E-state index in [1.54, 1.807) is 0 Å². The van der Waals surface area contributed by atoms with Gasteiger partial charge in [0.25, 0.3) is 0 Å². The Balaban J connectivity index is 1.68. The number of hydrogen-bond donors (Lipinski definition) is 3. The van der Waals surface area contributed by atoms with Crippen LogP contribution in [0.15, 0.2) is 12.4 Å². The SMILES string of the molecule is CCCCNc1ncc2c(C3CCNCC3)cn([C@H]3CC[C@H](O)CC3)c2n1. The Morgan fingerprint density at radius 3 is 2.70 bits per heavy atom. The number of rotatable bonds is 6. The molecule has 6 heteroatoms. The maximum absolute atomic E-state index is 9.91. The summed E-state index contributed by atoms with van der Waals surface area (Å²) >= 11 is 0. The largest absolute Gasteiger partial charge is 0.393 e. The van der Waals surface area contributed by atoms with E-state index in [0.717, 1.165) is 69.8 Å². The van der Waals surface area contributed by atoms with E-state index in [1.807, 2.05) is 6.20 Å². The molecule has 27 heavy (non-hydrogen) atoms. The molecule has 0 aromatic carbocycles. The second-order valence-corrected chi connectivity index (χ2v) is 8.19. The van der Waals surface area contributed by atoms with Crippen LogP contribution in [-0.2, 0) is 0 Å². The molecule has 0 radical (unpaired) electrons. The molecule has 2 aliphatic rings. The summed E-state index contributed by atoms with van der Waals surface area (Å²) in [7, 11) is 0. The van der Waals surface area contributed by atoms with Gasteiger partial charge < -0.3 is 20.3 Å². The van der Waals surface area contributed by atoms with Gasteiger partial charge in [-0.1, -0.05) is 13.3 Å². The molecule has 6 nitrogen and oxygen atoms in total. The lowest BCUT2D eigenvalue weighted by atomic mass is 9.90. The second-order valence-electron chi connectivity index (χ2n) is 8.19. The number of hydrogen-bond acceptors (Lipinski definition) is 5. The van der Waals surface area contributed by atoms with Gasteiger partial charge in [0.15, 0.2) is 0 Å². The van der Waals surface area contributed by atoms with Crippen molar-refractivity contribution in [1.82, 2.24) is 19.9 Å². The molecule has 2 fully saturated rings. The van der Waals surface area contributed by atoms with E-state index >= 15 is 0 Å². The number of nitrogens with zero attached hydrogens (tertiary/aromatic N) is 3. The molecule has 1 saturated carbocycles. The lowest BCUT2D eigenvalue weighted by Gasteiger charge is -2.27. The molecule has 2 aromatic heterocycles. The Labute approximate surface area is 161 Å². The first kappa shape index (κ1) is 18.7. The van der Waals surface area contributed by atoms with Crippen molar-refractivity contribution in [1.29, 1.82) is 0 Å². The van der Waals surface area contributed by atoms with Crippen LogP contribution in [0.1, 0.15) is 75.8 Å². The maximum Gasteiger partial charge on any atom is 0.224 e. The number of aromatic nitrogens is 3. The predicted molar refractivity (Wildman–Crippen MR) is 109 cm³/mol. The molecule has 0 spiro atoms. The number of unbranched alkanes of at least 4 members (excludes halogenated alkanes) is 1. The number of piperidine rings is 1. The molecule has 0 amide bonds. The van der Waals surface area contributed by atoms with Crippen molar-refractivity contribution >= 4 is 17.0 Å². The van der Waals surface area contributed by atoms with Gasteiger partial charge in [-0.05, 0) is 69.5 Å². The molecule has 1 saturated heterocycles. The van der Waals surface area contributed by atoms with Crippen LogP contribution in [-0.4, -0.2) is 45.4 Å². The highest BCUT2D eigenvalue weighted by atomic mass is 16.3. The smallest absolute Gasteiger partial charge is 0.224 e. The van der Waals surface area contributed by atoms with Crippen molar-refractivity contribution in [2.24, 2.45) is 0 Å². The summed E-state index contributed by atoms with van der Waals surface area (Å²) in [5.41, 5.74) is 2.48. The zero-order chi connectivity index (χ0) is 18.6. The minimum atomic E-state index is -0.132. The Bertz CT molecular complexity index is 744. The van der Waals surface area contributed by atoms with Crippen LogP contribution < -0.4 is 10.6 Å². The minimum Gasteiger partial charge on any atom is -0.393 e. The Morgan fingerprint density at radius 1 is 1.19 bits per heavy atom. The Kier molecular flexibility index (Phi) is 5.93. The summed E-state index contributed by atoms with van der Waals surface area (Å²) in [6.07, 6.45) is 12.7. The molecule has 3 N–H and O–H groups in total. The molecular weight excluding hydrogens is 338 g/mol. The first-order chi connectivity index (χ1) is 13.3. The van der Waals surface area contributed by atoms with Gasteiger partial charge in [0, 0.05) is 30.4 Å². The predicted octanol–water partition coefficient (Wildman–Crippen LogP) is 3.59. The molecule has 2 aromatic rings. The molecular formula is C21H33N5O. The summed E-state index contributed by atoms with van der Waals surface area (Å²) in [6.45, 7) is 5.29. The average molecular weight is 372 g/mol. The maximum atomic E-state index is 9.91. The molecule has 4 rings (SSSR count). The summed E-state index contributed by atoms with van der Waals surface area (Å²) in [6, 6.07) is 0.435. The highest BCUT2D eigenvalue weighted by Crippen LogP contribution is 2.37. The van der Waals surface area contributed by atoms with Gasteiger partial charge >= 0.3 is 0 Å². The molecule has 1 aliphatic carbocycles. The highest BCUT2D eigenvalue weighted by Gasteiger charge is 2.26. The summed E-state index contributed by atoms with van der Waals surface area (Å²) in [5, 5.41) is 18.0. The van der Waals surface area contributed by atoms with Crippen molar-refractivity contribution < 1.29 is 5.11 Å². The lowest BCUT2D eigenvalue weighted by molar-refractivity contribution is 0.111. The van der Waals surface area contributed by atoms with Crippen LogP contribution in [0.25, 0.3) is 11.0 Å². The second kappa shape index (κ2) is 8.57. The lowest BCUT2D eigenvalue weighted by Crippen LogP contribution is -2.26. The van der Waals surface area contributed by atoms with E-state index < -0.39 is 0 Å². The molecule has 0 unspecified atom stereocenters. The fourth-order valence-electron chi connectivity index (χ4n) is 4.59. The van der Waals surface area contributed by atoms with Gasteiger partial charge in [-0.25, -0.2) is 4.98 Å². The molecule has 0 atom stereocenters. The van der Waals surface area contributed by atoms with Crippen LogP contribution in [0.3, 0.4) is 0 Å². The van der Waals surface area contributed by atoms with Crippen molar-refractivity contribution in [3.05, 3.63) is 18.0 Å². The standard InChI is InChI=1S/C21H33N5O/c1-2-3-10-23-21-24-13-18-19(15-8-11-22-12-9-15)14-26(20(18)25-21)16-4-6-17(27)7-5-16/h13-17,22,27H,2-12H2,1H3,(H,23,24,25)/t16-,17-. The topological polar surface area (TPSA) is 75.0 Å². The van der Waals surface area contributed by atoms with Crippen LogP contribution in [0.4, 0.5) is 5.95 Å². The molecule has 1 aliphatic heterocycles. The average Bonchev–Trinajstić information content (AvgIpc) is 3.08. The highest BCUT2D eigenvalue weighted by molar-refractivity contribution is 5.81. The van der Waals surface area contributed by atoms with Crippen molar-refractivity contribution in [3.63, 3.8) is 0 Å². The monoisotopic (exact) mass is 371 g/mol. The van der Waals surface area contributed by atoms with Gasteiger partial charge in [0.1, 0.15) is 5.65 Å². The van der Waals surface area contributed by atoms with Crippen LogP contribution in [0.2, 0.25) is 0 Å². The van der Waals surface area contributed by atoms with Crippen molar-refractivity contribution in [3.8, 4) is 0 Å². The normalized spacial score (nSPS) is 24.4. The van der Waals surface area contributed by atoms with Gasteiger partial charge in [-0.15, -0.1) is 0 Å². The zero-order valence-corrected chi connectivity index (χ0v) is 16.5. The van der Waals surface area contributed by atoms with E-state index in [-0.39, 0.29) is 6.10 Å². The Hall–Kier alpha value is -1.66. The molecule has 0 bridgehead atoms.